The molecule has 3 aliphatic rings. The maximum absolute atomic E-state index is 13.8. The van der Waals surface area contributed by atoms with Crippen LogP contribution in [0.4, 0.5) is 26.3 Å². The number of nitrogens with one attached hydrogen (secondary N) is 1. The van der Waals surface area contributed by atoms with Gasteiger partial charge in [0.2, 0.25) is 0 Å². The number of rotatable bonds is 5. The molecule has 38 heavy (non-hydrogen) atoms. The predicted molar refractivity (Wildman–Crippen MR) is 131 cm³/mol. The minimum Gasteiger partial charge on any atom is -0.337 e. The summed E-state index contributed by atoms with van der Waals surface area (Å²) in [4.78, 5) is 0.136. The lowest BCUT2D eigenvalue weighted by Crippen LogP contribution is -2.45. The number of allylic oxidation sites excluding steroid dienone is 2. The lowest BCUT2D eigenvalue weighted by molar-refractivity contribution is -0.160. The summed E-state index contributed by atoms with van der Waals surface area (Å²) in [6.45, 7) is 1.71. The van der Waals surface area contributed by atoms with E-state index in [4.69, 9.17) is 0 Å². The van der Waals surface area contributed by atoms with Gasteiger partial charge < -0.3 is 4.57 Å². The highest BCUT2D eigenvalue weighted by Crippen LogP contribution is 2.49. The van der Waals surface area contributed by atoms with Gasteiger partial charge in [0, 0.05) is 16.6 Å². The summed E-state index contributed by atoms with van der Waals surface area (Å²) in [5, 5.41) is 10.9. The second-order valence-corrected chi connectivity index (χ2v) is 11.5. The molecule has 0 aliphatic heterocycles. The molecule has 0 spiro atoms. The quantitative estimate of drug-likeness (QED) is 0.494. The number of nitrogens with zero attached hydrogens (tertiary/aromatic N) is 2. The van der Waals surface area contributed by atoms with Crippen LogP contribution in [0.5, 0.6) is 0 Å². The third-order valence-electron chi connectivity index (χ3n) is 7.53. The van der Waals surface area contributed by atoms with E-state index in [0.29, 0.717) is 23.0 Å². The van der Waals surface area contributed by atoms with Gasteiger partial charge in [-0.2, -0.15) is 31.6 Å². The molecule has 0 radical (unpaired) electrons. The molecule has 2 fully saturated rings. The van der Waals surface area contributed by atoms with Gasteiger partial charge in [0.15, 0.2) is 0 Å². The zero-order chi connectivity index (χ0) is 27.5. The molecule has 1 aromatic heterocycles. The zero-order valence-corrected chi connectivity index (χ0v) is 21.2. The van der Waals surface area contributed by atoms with Gasteiger partial charge in [0.25, 0.3) is 0 Å². The van der Waals surface area contributed by atoms with Crippen LogP contribution in [0.15, 0.2) is 40.8 Å². The average molecular weight is 554 g/mol. The summed E-state index contributed by atoms with van der Waals surface area (Å²) in [5.74, 6) is -0.358. The van der Waals surface area contributed by atoms with Gasteiger partial charge in [0.1, 0.15) is 22.6 Å². The van der Waals surface area contributed by atoms with Gasteiger partial charge in [-0.3, -0.25) is 0 Å². The van der Waals surface area contributed by atoms with Crippen LogP contribution >= 0.6 is 0 Å². The number of benzene rings is 1. The van der Waals surface area contributed by atoms with Gasteiger partial charge in [-0.1, -0.05) is 31.2 Å². The molecule has 3 aliphatic carbocycles. The van der Waals surface area contributed by atoms with E-state index in [-0.39, 0.29) is 40.5 Å². The molecular formula is C27H25F6N3OS. The number of nitriles is 1. The van der Waals surface area contributed by atoms with E-state index in [1.165, 1.54) is 18.2 Å². The van der Waals surface area contributed by atoms with Gasteiger partial charge >= 0.3 is 12.4 Å². The van der Waals surface area contributed by atoms with Crippen molar-refractivity contribution >= 4 is 23.1 Å². The summed E-state index contributed by atoms with van der Waals surface area (Å²) in [5.41, 5.74) is -1.86. The topological polar surface area (TPSA) is 57.8 Å². The molecule has 5 rings (SSSR count). The van der Waals surface area contributed by atoms with Crippen molar-refractivity contribution < 1.29 is 30.6 Å². The van der Waals surface area contributed by atoms with Crippen LogP contribution in [-0.4, -0.2) is 26.7 Å². The first-order valence-electron chi connectivity index (χ1n) is 12.4. The highest BCUT2D eigenvalue weighted by atomic mass is 32.2. The SMILES string of the molecule is CC1C=C(C(F)(F)F)C=c2c(C#N)c(-c3ccc(S(=O)NC4(C(F)(F)F)CC4)cc3)n(C3CCC3)c2=CC1. The molecule has 1 aromatic carbocycles. The smallest absolute Gasteiger partial charge is 0.337 e. The lowest BCUT2D eigenvalue weighted by Gasteiger charge is -2.30. The van der Waals surface area contributed by atoms with Crippen LogP contribution in [0, 0.1) is 17.2 Å². The standard InChI is InChI=1S/C27H25F6N3OS/c1-16-5-10-23-21(14-18(13-16)26(28,29)30)22(15-34)24(36(23)19-3-2-4-19)17-6-8-20(9-7-17)38(37)35-25(11-12-25)27(31,32)33/h6-10,13-14,16,19,35H,2-5,11-12H2,1H3. The Kier molecular flexibility index (Phi) is 6.63. The Hall–Kier alpha value is -2.84. The Labute approximate surface area is 217 Å². The molecule has 1 heterocycles. The highest BCUT2D eigenvalue weighted by molar-refractivity contribution is 7.83. The normalized spacial score (nSPS) is 21.9. The van der Waals surface area contributed by atoms with Crippen LogP contribution in [0.1, 0.15) is 57.1 Å². The minimum atomic E-state index is -4.58. The van der Waals surface area contributed by atoms with E-state index in [2.05, 4.69) is 10.8 Å². The minimum absolute atomic E-state index is 0.00975. The molecule has 0 saturated heterocycles. The van der Waals surface area contributed by atoms with Crippen molar-refractivity contribution in [1.82, 2.24) is 9.29 Å². The number of halogens is 6. The van der Waals surface area contributed by atoms with Crippen LogP contribution in [0.25, 0.3) is 23.4 Å². The lowest BCUT2D eigenvalue weighted by atomic mass is 9.92. The van der Waals surface area contributed by atoms with Crippen LogP contribution in [-0.2, 0) is 11.0 Å². The van der Waals surface area contributed by atoms with E-state index >= 15 is 0 Å². The Balaban J connectivity index is 1.62. The Morgan fingerprint density at radius 2 is 1.76 bits per heavy atom. The maximum atomic E-state index is 13.8. The van der Waals surface area contributed by atoms with Crippen LogP contribution in [0.2, 0.25) is 0 Å². The van der Waals surface area contributed by atoms with Crippen molar-refractivity contribution in [3.05, 3.63) is 52.0 Å². The first-order valence-corrected chi connectivity index (χ1v) is 13.5. The molecule has 202 valence electrons. The first-order chi connectivity index (χ1) is 17.8. The number of hydrogen-bond donors (Lipinski definition) is 1. The second kappa shape index (κ2) is 9.42. The van der Waals surface area contributed by atoms with Crippen molar-refractivity contribution in [3.63, 3.8) is 0 Å². The summed E-state index contributed by atoms with van der Waals surface area (Å²) >= 11 is 0. The molecule has 4 nitrogen and oxygen atoms in total. The Morgan fingerprint density at radius 3 is 2.26 bits per heavy atom. The first kappa shape index (κ1) is 26.8. The largest absolute Gasteiger partial charge is 0.416 e. The van der Waals surface area contributed by atoms with Crippen molar-refractivity contribution in [2.45, 2.75) is 74.3 Å². The summed E-state index contributed by atoms with van der Waals surface area (Å²) in [7, 11) is -2.12. The number of fused-ring (bicyclic) bond motifs is 1. The molecule has 2 unspecified atom stereocenters. The molecule has 2 saturated carbocycles. The van der Waals surface area contributed by atoms with Gasteiger partial charge in [-0.25, -0.2) is 8.93 Å². The fourth-order valence-corrected chi connectivity index (χ4v) is 6.17. The summed E-state index contributed by atoms with van der Waals surface area (Å²) in [6.07, 6.45) is -2.35. The molecule has 0 amide bonds. The molecule has 0 bridgehead atoms. The molecule has 2 aromatic rings. The molecule has 11 heteroatoms. The number of hydrogen-bond acceptors (Lipinski definition) is 2. The number of aromatic nitrogens is 1. The van der Waals surface area contributed by atoms with Crippen molar-refractivity contribution in [2.75, 3.05) is 0 Å². The van der Waals surface area contributed by atoms with Crippen LogP contribution in [0.3, 0.4) is 0 Å². The van der Waals surface area contributed by atoms with Crippen molar-refractivity contribution in [1.29, 1.82) is 5.26 Å². The Bertz CT molecular complexity index is 1470. The van der Waals surface area contributed by atoms with Gasteiger partial charge in [-0.05, 0) is 68.2 Å². The van der Waals surface area contributed by atoms with Gasteiger partial charge in [0.05, 0.1) is 21.7 Å². The van der Waals surface area contributed by atoms with E-state index in [0.717, 1.165) is 25.3 Å². The van der Waals surface area contributed by atoms with E-state index in [9.17, 15) is 35.8 Å². The van der Waals surface area contributed by atoms with E-state index < -0.39 is 34.5 Å². The van der Waals surface area contributed by atoms with Gasteiger partial charge in [-0.15, -0.1) is 0 Å². The summed E-state index contributed by atoms with van der Waals surface area (Å²) < 4.78 is 98.2. The Morgan fingerprint density at radius 1 is 1.11 bits per heavy atom. The van der Waals surface area contributed by atoms with E-state index in [1.807, 2.05) is 10.6 Å². The maximum Gasteiger partial charge on any atom is 0.416 e. The monoisotopic (exact) mass is 553 g/mol. The van der Waals surface area contributed by atoms with Crippen molar-refractivity contribution in [3.8, 4) is 17.3 Å². The average Bonchev–Trinajstić information content (AvgIpc) is 3.53. The fourth-order valence-electron chi connectivity index (χ4n) is 4.99. The molecular weight excluding hydrogens is 528 g/mol. The second-order valence-electron chi connectivity index (χ2n) is 10.2. The number of alkyl halides is 6. The van der Waals surface area contributed by atoms with E-state index in [1.54, 1.807) is 19.1 Å². The fraction of sp³-hybridized carbons (Fsp3) is 0.444. The molecule has 2 atom stereocenters. The van der Waals surface area contributed by atoms with Crippen LogP contribution < -0.4 is 15.3 Å². The predicted octanol–water partition coefficient (Wildman–Crippen LogP) is 5.55. The zero-order valence-electron chi connectivity index (χ0n) is 20.4. The van der Waals surface area contributed by atoms with Crippen molar-refractivity contribution in [2.24, 2.45) is 5.92 Å². The third kappa shape index (κ3) is 4.73. The summed E-state index contributed by atoms with van der Waals surface area (Å²) in [6, 6.07) is 8.09. The molecule has 1 N–H and O–H groups in total. The highest BCUT2D eigenvalue weighted by Gasteiger charge is 2.64. The third-order valence-corrected chi connectivity index (χ3v) is 8.81.